The van der Waals surface area contributed by atoms with Crippen molar-refractivity contribution in [1.29, 1.82) is 0 Å². The lowest BCUT2D eigenvalue weighted by molar-refractivity contribution is 0.524. The van der Waals surface area contributed by atoms with Crippen molar-refractivity contribution >= 4 is 0 Å². The standard InChI is InChI=1S/C24H47/c1-4-7-9-11-12-13-14-15-16-17-19-21-23-24(6-3)22-20-18-10-8-5-2/h21,23-24H,3-20,22H2,1-2H3. The first-order chi connectivity index (χ1) is 11.8. The zero-order valence-electron chi connectivity index (χ0n) is 17.2. The molecular formula is C24H47. The Kier molecular flexibility index (Phi) is 20.6. The van der Waals surface area contributed by atoms with Crippen LogP contribution in [0, 0.1) is 12.8 Å². The van der Waals surface area contributed by atoms with Crippen molar-refractivity contribution in [1.82, 2.24) is 0 Å². The van der Waals surface area contributed by atoms with Crippen LogP contribution in [0.4, 0.5) is 0 Å². The Morgan fingerprint density at radius 1 is 0.625 bits per heavy atom. The molecule has 0 heterocycles. The van der Waals surface area contributed by atoms with Crippen LogP contribution < -0.4 is 0 Å². The third kappa shape index (κ3) is 18.1. The smallest absolute Gasteiger partial charge is 0.0234 e. The van der Waals surface area contributed by atoms with Crippen molar-refractivity contribution in [3.63, 3.8) is 0 Å². The highest BCUT2D eigenvalue weighted by Gasteiger charge is 2.01. The van der Waals surface area contributed by atoms with Gasteiger partial charge in [-0.15, -0.1) is 0 Å². The van der Waals surface area contributed by atoms with Crippen LogP contribution in [0.2, 0.25) is 0 Å². The van der Waals surface area contributed by atoms with Crippen molar-refractivity contribution in [2.24, 2.45) is 5.92 Å². The fraction of sp³-hybridized carbons (Fsp3) is 0.875. The molecule has 1 unspecified atom stereocenters. The van der Waals surface area contributed by atoms with Crippen LogP contribution in [0.3, 0.4) is 0 Å². The lowest BCUT2D eigenvalue weighted by Crippen LogP contribution is -1.94. The maximum atomic E-state index is 4.13. The van der Waals surface area contributed by atoms with E-state index in [9.17, 15) is 0 Å². The lowest BCUT2D eigenvalue weighted by Gasteiger charge is -2.09. The molecule has 0 saturated carbocycles. The van der Waals surface area contributed by atoms with Crippen LogP contribution in [0.15, 0.2) is 12.2 Å². The summed E-state index contributed by atoms with van der Waals surface area (Å²) in [5, 5.41) is 0. The average molecular weight is 336 g/mol. The van der Waals surface area contributed by atoms with Crippen LogP contribution in [0.1, 0.15) is 129 Å². The molecular weight excluding hydrogens is 288 g/mol. The van der Waals surface area contributed by atoms with Crippen LogP contribution in [-0.4, -0.2) is 0 Å². The van der Waals surface area contributed by atoms with Gasteiger partial charge in [-0.3, -0.25) is 0 Å². The van der Waals surface area contributed by atoms with Crippen LogP contribution >= 0.6 is 0 Å². The van der Waals surface area contributed by atoms with Crippen LogP contribution in [0.25, 0.3) is 0 Å². The van der Waals surface area contributed by atoms with Gasteiger partial charge < -0.3 is 0 Å². The molecule has 0 amide bonds. The summed E-state index contributed by atoms with van der Waals surface area (Å²) in [5.74, 6) is 0.731. The lowest BCUT2D eigenvalue weighted by atomic mass is 9.97. The molecule has 1 radical (unpaired) electrons. The molecule has 0 bridgehead atoms. The Hall–Kier alpha value is -0.260. The van der Waals surface area contributed by atoms with E-state index in [1.165, 1.54) is 109 Å². The molecule has 0 heteroatoms. The second kappa shape index (κ2) is 20.8. The molecule has 0 spiro atoms. The van der Waals surface area contributed by atoms with Gasteiger partial charge in [0.1, 0.15) is 0 Å². The summed E-state index contributed by atoms with van der Waals surface area (Å²) >= 11 is 0. The van der Waals surface area contributed by atoms with Crippen LogP contribution in [-0.2, 0) is 0 Å². The molecule has 0 aliphatic rings. The minimum absolute atomic E-state index is 0.731. The summed E-state index contributed by atoms with van der Waals surface area (Å²) in [6.07, 6.45) is 29.9. The Labute approximate surface area is 154 Å². The van der Waals surface area contributed by atoms with Crippen molar-refractivity contribution < 1.29 is 0 Å². The van der Waals surface area contributed by atoms with E-state index in [0.717, 1.165) is 12.3 Å². The first kappa shape index (κ1) is 23.7. The second-order valence-electron chi connectivity index (χ2n) is 7.65. The fourth-order valence-electron chi connectivity index (χ4n) is 3.39. The van der Waals surface area contributed by atoms with Gasteiger partial charge in [0, 0.05) is 0 Å². The van der Waals surface area contributed by atoms with Gasteiger partial charge in [-0.05, 0) is 31.6 Å². The number of hydrogen-bond donors (Lipinski definition) is 0. The van der Waals surface area contributed by atoms with Crippen LogP contribution in [0.5, 0.6) is 0 Å². The maximum Gasteiger partial charge on any atom is -0.0234 e. The molecule has 0 saturated heterocycles. The largest absolute Gasteiger partial charge is 0.0883 e. The Morgan fingerprint density at radius 3 is 1.58 bits per heavy atom. The minimum atomic E-state index is 0.731. The van der Waals surface area contributed by atoms with E-state index in [1.807, 2.05) is 0 Å². The third-order valence-corrected chi connectivity index (χ3v) is 5.18. The van der Waals surface area contributed by atoms with E-state index in [-0.39, 0.29) is 0 Å². The van der Waals surface area contributed by atoms with Gasteiger partial charge in [-0.2, -0.15) is 0 Å². The quantitative estimate of drug-likeness (QED) is 0.163. The first-order valence-electron chi connectivity index (χ1n) is 11.3. The molecule has 0 aromatic carbocycles. The molecule has 1 atom stereocenters. The summed E-state index contributed by atoms with van der Waals surface area (Å²) in [6, 6.07) is 0. The summed E-state index contributed by atoms with van der Waals surface area (Å²) in [6.45, 7) is 8.70. The highest BCUT2D eigenvalue weighted by Crippen LogP contribution is 2.17. The molecule has 0 rings (SSSR count). The highest BCUT2D eigenvalue weighted by molar-refractivity contribution is 4.88. The van der Waals surface area contributed by atoms with Crippen molar-refractivity contribution in [2.45, 2.75) is 129 Å². The number of allylic oxidation sites excluding steroid dienone is 2. The van der Waals surface area contributed by atoms with E-state index >= 15 is 0 Å². The van der Waals surface area contributed by atoms with Gasteiger partial charge in [0.25, 0.3) is 0 Å². The predicted molar refractivity (Wildman–Crippen MR) is 112 cm³/mol. The first-order valence-corrected chi connectivity index (χ1v) is 11.3. The Morgan fingerprint density at radius 2 is 1.08 bits per heavy atom. The summed E-state index contributed by atoms with van der Waals surface area (Å²) in [5.41, 5.74) is 0. The highest BCUT2D eigenvalue weighted by atomic mass is 14.1. The minimum Gasteiger partial charge on any atom is -0.0883 e. The molecule has 0 aromatic heterocycles. The molecule has 24 heavy (non-hydrogen) atoms. The third-order valence-electron chi connectivity index (χ3n) is 5.18. The second-order valence-corrected chi connectivity index (χ2v) is 7.65. The Bertz CT molecular complexity index is 240. The van der Waals surface area contributed by atoms with Crippen molar-refractivity contribution in [3.05, 3.63) is 19.1 Å². The van der Waals surface area contributed by atoms with Crippen molar-refractivity contribution in [2.75, 3.05) is 0 Å². The van der Waals surface area contributed by atoms with E-state index in [0.29, 0.717) is 0 Å². The van der Waals surface area contributed by atoms with E-state index in [1.54, 1.807) is 0 Å². The zero-order chi connectivity index (χ0) is 17.7. The predicted octanol–water partition coefficient (Wildman–Crippen LogP) is 9.05. The molecule has 0 aliphatic heterocycles. The van der Waals surface area contributed by atoms with Crippen molar-refractivity contribution in [3.8, 4) is 0 Å². The number of rotatable bonds is 19. The van der Waals surface area contributed by atoms with E-state index < -0.39 is 0 Å². The SMILES string of the molecule is [CH2]CC(C=CCCCCCCCCCCCC)CCCCCCC. The topological polar surface area (TPSA) is 0 Å². The number of hydrogen-bond acceptors (Lipinski definition) is 0. The maximum absolute atomic E-state index is 4.13. The molecule has 143 valence electrons. The normalized spacial score (nSPS) is 13.0. The number of unbranched alkanes of at least 4 members (excludes halogenated alkanes) is 14. The molecule has 0 aliphatic carbocycles. The Balaban J connectivity index is 3.35. The summed E-state index contributed by atoms with van der Waals surface area (Å²) < 4.78 is 0. The molecule has 0 N–H and O–H groups in total. The van der Waals surface area contributed by atoms with Gasteiger partial charge in [0.05, 0.1) is 0 Å². The molecule has 0 fully saturated rings. The van der Waals surface area contributed by atoms with Gasteiger partial charge >= 0.3 is 0 Å². The van der Waals surface area contributed by atoms with Gasteiger partial charge in [0.15, 0.2) is 0 Å². The zero-order valence-corrected chi connectivity index (χ0v) is 17.2. The van der Waals surface area contributed by atoms with E-state index in [4.69, 9.17) is 0 Å². The molecule has 0 aromatic rings. The summed E-state index contributed by atoms with van der Waals surface area (Å²) in [7, 11) is 0. The van der Waals surface area contributed by atoms with Gasteiger partial charge in [0.2, 0.25) is 0 Å². The fourth-order valence-corrected chi connectivity index (χ4v) is 3.39. The monoisotopic (exact) mass is 335 g/mol. The average Bonchev–Trinajstić information content (AvgIpc) is 2.60. The van der Waals surface area contributed by atoms with E-state index in [2.05, 4.69) is 32.9 Å². The van der Waals surface area contributed by atoms with Gasteiger partial charge in [-0.1, -0.05) is 123 Å². The molecule has 0 nitrogen and oxygen atoms in total. The van der Waals surface area contributed by atoms with Gasteiger partial charge in [-0.25, -0.2) is 0 Å². The summed E-state index contributed by atoms with van der Waals surface area (Å²) in [4.78, 5) is 0.